The smallest absolute Gasteiger partial charge is 0.397 e. The second kappa shape index (κ2) is 8.56. The third-order valence-corrected chi connectivity index (χ3v) is 4.25. The lowest BCUT2D eigenvalue weighted by atomic mass is 10.1. The minimum Gasteiger partial charge on any atom is -0.456 e. The van der Waals surface area contributed by atoms with Crippen molar-refractivity contribution >= 4 is 39.3 Å². The summed E-state index contributed by atoms with van der Waals surface area (Å²) in [6.07, 6.45) is 0. The molecule has 0 aliphatic heterocycles. The van der Waals surface area contributed by atoms with Gasteiger partial charge in [0.1, 0.15) is 12.2 Å². The molecule has 0 bridgehead atoms. The fourth-order valence-electron chi connectivity index (χ4n) is 2.25. The molecule has 140 valence electrons. The molecule has 2 aromatic heterocycles. The molecule has 2 heterocycles. The first-order valence-electron chi connectivity index (χ1n) is 8.13. The van der Waals surface area contributed by atoms with Gasteiger partial charge in [-0.2, -0.15) is 0 Å². The van der Waals surface area contributed by atoms with Gasteiger partial charge in [-0.15, -0.1) is 11.3 Å². The number of thiazole rings is 1. The van der Waals surface area contributed by atoms with E-state index in [1.165, 1.54) is 0 Å². The molecular formula is C18H16N2O6S. The van der Waals surface area contributed by atoms with Crippen LogP contribution >= 0.6 is 11.3 Å². The van der Waals surface area contributed by atoms with Gasteiger partial charge < -0.3 is 13.9 Å². The SMILES string of the molecule is CCOCCOC(=O)C(=O)Nc1nc(-c2cc3ccccc3oc2=O)cs1. The minimum absolute atomic E-state index is 0.0126. The van der Waals surface area contributed by atoms with Crippen molar-refractivity contribution in [3.63, 3.8) is 0 Å². The van der Waals surface area contributed by atoms with E-state index in [1.54, 1.807) is 23.6 Å². The lowest BCUT2D eigenvalue weighted by Gasteiger charge is -2.04. The predicted molar refractivity (Wildman–Crippen MR) is 99.7 cm³/mol. The quantitative estimate of drug-likeness (QED) is 0.299. The largest absolute Gasteiger partial charge is 0.456 e. The van der Waals surface area contributed by atoms with Crippen LogP contribution in [0.5, 0.6) is 0 Å². The van der Waals surface area contributed by atoms with E-state index in [-0.39, 0.29) is 23.9 Å². The minimum atomic E-state index is -1.03. The Hall–Kier alpha value is -3.04. The molecule has 27 heavy (non-hydrogen) atoms. The van der Waals surface area contributed by atoms with Crippen molar-refractivity contribution in [3.8, 4) is 11.3 Å². The number of carbonyl (C=O) groups excluding carboxylic acids is 2. The number of rotatable bonds is 6. The predicted octanol–water partition coefficient (Wildman–Crippen LogP) is 2.43. The first-order chi connectivity index (χ1) is 13.1. The zero-order valence-electron chi connectivity index (χ0n) is 14.4. The van der Waals surface area contributed by atoms with Crippen LogP contribution in [0.4, 0.5) is 5.13 Å². The number of anilines is 1. The Labute approximate surface area is 157 Å². The van der Waals surface area contributed by atoms with Gasteiger partial charge in [0.25, 0.3) is 0 Å². The van der Waals surface area contributed by atoms with Crippen LogP contribution in [0.25, 0.3) is 22.2 Å². The third kappa shape index (κ3) is 4.57. The molecule has 0 saturated heterocycles. The molecule has 0 fully saturated rings. The van der Waals surface area contributed by atoms with Crippen molar-refractivity contribution in [3.05, 3.63) is 46.1 Å². The molecule has 3 rings (SSSR count). The van der Waals surface area contributed by atoms with Crippen LogP contribution in [0.1, 0.15) is 6.92 Å². The van der Waals surface area contributed by atoms with Gasteiger partial charge in [-0.05, 0) is 19.1 Å². The first-order valence-corrected chi connectivity index (χ1v) is 9.01. The highest BCUT2D eigenvalue weighted by atomic mass is 32.1. The average molecular weight is 388 g/mol. The van der Waals surface area contributed by atoms with Crippen LogP contribution in [0, 0.1) is 0 Å². The number of fused-ring (bicyclic) bond motifs is 1. The molecule has 0 saturated carbocycles. The van der Waals surface area contributed by atoms with E-state index in [1.807, 2.05) is 19.1 Å². The van der Waals surface area contributed by atoms with E-state index in [0.717, 1.165) is 16.7 Å². The van der Waals surface area contributed by atoms with Crippen molar-refractivity contribution in [2.24, 2.45) is 0 Å². The molecule has 9 heteroatoms. The van der Waals surface area contributed by atoms with Gasteiger partial charge in [-0.3, -0.25) is 10.1 Å². The van der Waals surface area contributed by atoms with Crippen molar-refractivity contribution in [1.82, 2.24) is 4.98 Å². The summed E-state index contributed by atoms with van der Waals surface area (Å²) in [4.78, 5) is 39.8. The van der Waals surface area contributed by atoms with Gasteiger partial charge >= 0.3 is 17.5 Å². The average Bonchev–Trinajstić information content (AvgIpc) is 3.12. The standard InChI is InChI=1S/C18H16N2O6S/c1-2-24-7-8-25-17(23)15(21)20-18-19-13(10-27-18)12-9-11-5-3-4-6-14(11)26-16(12)22/h3-6,9-10H,2,7-8H2,1H3,(H,19,20,21). The number of hydrogen-bond acceptors (Lipinski definition) is 8. The summed E-state index contributed by atoms with van der Waals surface area (Å²) in [6, 6.07) is 8.79. The van der Waals surface area contributed by atoms with Crippen LogP contribution in [0.2, 0.25) is 0 Å². The van der Waals surface area contributed by atoms with Crippen LogP contribution in [-0.4, -0.2) is 36.7 Å². The number of aromatic nitrogens is 1. The van der Waals surface area contributed by atoms with E-state index < -0.39 is 17.5 Å². The molecule has 0 radical (unpaired) electrons. The summed E-state index contributed by atoms with van der Waals surface area (Å²) in [5.74, 6) is -1.98. The van der Waals surface area contributed by atoms with E-state index in [0.29, 0.717) is 17.9 Å². The van der Waals surface area contributed by atoms with Gasteiger partial charge in [0, 0.05) is 17.4 Å². The van der Waals surface area contributed by atoms with Crippen LogP contribution in [0.3, 0.4) is 0 Å². The first kappa shape index (κ1) is 18.7. The molecule has 1 N–H and O–H groups in total. The normalized spacial score (nSPS) is 10.7. The Bertz CT molecular complexity index is 1030. The maximum absolute atomic E-state index is 12.2. The van der Waals surface area contributed by atoms with Gasteiger partial charge in [0.2, 0.25) is 0 Å². The molecule has 0 atom stereocenters. The topological polar surface area (TPSA) is 108 Å². The third-order valence-electron chi connectivity index (χ3n) is 3.49. The lowest BCUT2D eigenvalue weighted by Crippen LogP contribution is -2.26. The van der Waals surface area contributed by atoms with Crippen molar-refractivity contribution in [2.75, 3.05) is 25.1 Å². The molecule has 0 spiro atoms. The zero-order valence-corrected chi connectivity index (χ0v) is 15.2. The number of para-hydroxylation sites is 1. The fourth-order valence-corrected chi connectivity index (χ4v) is 2.95. The Morgan fingerprint density at radius 2 is 2.07 bits per heavy atom. The number of benzene rings is 1. The number of nitrogens with one attached hydrogen (secondary N) is 1. The van der Waals surface area contributed by atoms with Gasteiger partial charge in [-0.25, -0.2) is 14.6 Å². The van der Waals surface area contributed by atoms with Crippen molar-refractivity contribution in [1.29, 1.82) is 0 Å². The lowest BCUT2D eigenvalue weighted by molar-refractivity contribution is -0.153. The van der Waals surface area contributed by atoms with Crippen molar-refractivity contribution < 1.29 is 23.5 Å². The zero-order chi connectivity index (χ0) is 19.2. The monoisotopic (exact) mass is 388 g/mol. The van der Waals surface area contributed by atoms with E-state index in [9.17, 15) is 14.4 Å². The maximum Gasteiger partial charge on any atom is 0.397 e. The summed E-state index contributed by atoms with van der Waals surface area (Å²) < 4.78 is 15.1. The number of nitrogens with zero attached hydrogens (tertiary/aromatic N) is 1. The van der Waals surface area contributed by atoms with E-state index >= 15 is 0 Å². The van der Waals surface area contributed by atoms with Crippen LogP contribution in [0.15, 0.2) is 44.9 Å². The Balaban J connectivity index is 1.70. The number of hydrogen-bond donors (Lipinski definition) is 1. The van der Waals surface area contributed by atoms with E-state index in [2.05, 4.69) is 10.3 Å². The second-order valence-electron chi connectivity index (χ2n) is 5.31. The second-order valence-corrected chi connectivity index (χ2v) is 6.17. The number of esters is 1. The summed E-state index contributed by atoms with van der Waals surface area (Å²) >= 11 is 1.08. The van der Waals surface area contributed by atoms with E-state index in [4.69, 9.17) is 13.9 Å². The molecule has 0 aliphatic rings. The number of ether oxygens (including phenoxy) is 2. The summed E-state index contributed by atoms with van der Waals surface area (Å²) in [6.45, 7) is 2.51. The Morgan fingerprint density at radius 3 is 2.89 bits per heavy atom. The summed E-state index contributed by atoms with van der Waals surface area (Å²) in [5.41, 5.74) is 0.557. The Morgan fingerprint density at radius 1 is 1.26 bits per heavy atom. The van der Waals surface area contributed by atoms with Crippen LogP contribution in [-0.2, 0) is 19.1 Å². The molecule has 1 aromatic carbocycles. The molecule has 3 aromatic rings. The number of carbonyl (C=O) groups is 2. The van der Waals surface area contributed by atoms with Gasteiger partial charge in [0.15, 0.2) is 5.13 Å². The summed E-state index contributed by atoms with van der Waals surface area (Å²) in [5, 5.41) is 4.87. The van der Waals surface area contributed by atoms with Crippen molar-refractivity contribution in [2.45, 2.75) is 6.92 Å². The van der Waals surface area contributed by atoms with Gasteiger partial charge in [-0.1, -0.05) is 18.2 Å². The molecule has 0 aliphatic carbocycles. The highest BCUT2D eigenvalue weighted by molar-refractivity contribution is 7.14. The molecule has 1 amide bonds. The molecule has 0 unspecified atom stereocenters. The number of amides is 1. The molecule has 8 nitrogen and oxygen atoms in total. The fraction of sp³-hybridized carbons (Fsp3) is 0.222. The molecular weight excluding hydrogens is 372 g/mol. The van der Waals surface area contributed by atoms with Crippen LogP contribution < -0.4 is 10.9 Å². The van der Waals surface area contributed by atoms with Gasteiger partial charge in [0.05, 0.1) is 17.9 Å². The highest BCUT2D eigenvalue weighted by Crippen LogP contribution is 2.25. The highest BCUT2D eigenvalue weighted by Gasteiger charge is 2.18. The summed E-state index contributed by atoms with van der Waals surface area (Å²) in [7, 11) is 0. The maximum atomic E-state index is 12.2. The Kier molecular flexibility index (Phi) is 5.94.